The lowest BCUT2D eigenvalue weighted by Gasteiger charge is -2.25. The van der Waals surface area contributed by atoms with E-state index in [1.54, 1.807) is 26.0 Å². The maximum atomic E-state index is 13.2. The third-order valence-electron chi connectivity index (χ3n) is 4.86. The molecule has 0 aliphatic rings. The fourth-order valence-corrected chi connectivity index (χ4v) is 4.81. The van der Waals surface area contributed by atoms with E-state index in [0.29, 0.717) is 13.1 Å². The van der Waals surface area contributed by atoms with Crippen molar-refractivity contribution in [2.45, 2.75) is 24.8 Å². The molecule has 0 aliphatic carbocycles. The van der Waals surface area contributed by atoms with Crippen LogP contribution in [0.5, 0.6) is 0 Å². The molecule has 0 heterocycles. The van der Waals surface area contributed by atoms with Gasteiger partial charge in [-0.1, -0.05) is 37.6 Å². The van der Waals surface area contributed by atoms with Crippen molar-refractivity contribution < 1.29 is 17.6 Å². The first-order chi connectivity index (χ1) is 14.1. The number of carbonyl (C=O) groups excluding carboxylic acids is 1. The smallest absolute Gasteiger partial charge is 0.252 e. The van der Waals surface area contributed by atoms with Crippen LogP contribution in [-0.2, 0) is 10.0 Å². The van der Waals surface area contributed by atoms with Gasteiger partial charge in [-0.15, -0.1) is 0 Å². The van der Waals surface area contributed by atoms with E-state index in [9.17, 15) is 17.6 Å². The average Bonchev–Trinajstić information content (AvgIpc) is 2.70. The molecular formula is C21H27ClFN3O3S. The zero-order chi connectivity index (χ0) is 22.5. The molecule has 9 heteroatoms. The number of nitrogens with zero attached hydrogens (tertiary/aromatic N) is 2. The second-order valence-electron chi connectivity index (χ2n) is 6.97. The molecule has 1 atom stereocenters. The molecule has 6 nitrogen and oxygen atoms in total. The number of amides is 1. The molecule has 0 aliphatic heterocycles. The van der Waals surface area contributed by atoms with Gasteiger partial charge in [-0.3, -0.25) is 4.79 Å². The van der Waals surface area contributed by atoms with Crippen molar-refractivity contribution >= 4 is 27.5 Å². The molecule has 1 N–H and O–H groups in total. The molecular weight excluding hydrogens is 429 g/mol. The zero-order valence-electron chi connectivity index (χ0n) is 17.5. The van der Waals surface area contributed by atoms with Gasteiger partial charge in [-0.05, 0) is 50.0 Å². The molecule has 30 heavy (non-hydrogen) atoms. The van der Waals surface area contributed by atoms with Crippen LogP contribution in [0.2, 0.25) is 5.02 Å². The van der Waals surface area contributed by atoms with E-state index in [2.05, 4.69) is 5.32 Å². The highest BCUT2D eigenvalue weighted by Crippen LogP contribution is 2.24. The van der Waals surface area contributed by atoms with Crippen molar-refractivity contribution in [3.8, 4) is 0 Å². The summed E-state index contributed by atoms with van der Waals surface area (Å²) in [5, 5.41) is 2.96. The van der Waals surface area contributed by atoms with E-state index in [-0.39, 0.29) is 33.9 Å². The molecule has 2 aromatic rings. The van der Waals surface area contributed by atoms with Crippen LogP contribution in [0.3, 0.4) is 0 Å². The van der Waals surface area contributed by atoms with Crippen LogP contribution in [0.25, 0.3) is 0 Å². The summed E-state index contributed by atoms with van der Waals surface area (Å²) >= 11 is 6.18. The fraction of sp³-hybridized carbons (Fsp3) is 0.381. The van der Waals surface area contributed by atoms with Crippen LogP contribution in [0, 0.1) is 5.82 Å². The van der Waals surface area contributed by atoms with Gasteiger partial charge in [0.2, 0.25) is 10.0 Å². The number of sulfonamides is 1. The van der Waals surface area contributed by atoms with Gasteiger partial charge in [0.1, 0.15) is 5.82 Å². The van der Waals surface area contributed by atoms with E-state index in [1.165, 1.54) is 34.6 Å². The summed E-state index contributed by atoms with van der Waals surface area (Å²) in [7, 11) is -0.0116. The SMILES string of the molecule is CCN(CC)S(=O)(=O)c1ccc(Cl)c(C(=O)NCC(c2ccc(F)cc2)N(C)C)c1. The van der Waals surface area contributed by atoms with E-state index >= 15 is 0 Å². The lowest BCUT2D eigenvalue weighted by molar-refractivity contribution is 0.0942. The second-order valence-corrected chi connectivity index (χ2v) is 9.32. The summed E-state index contributed by atoms with van der Waals surface area (Å²) in [6.07, 6.45) is 0. The lowest BCUT2D eigenvalue weighted by atomic mass is 10.1. The van der Waals surface area contributed by atoms with Crippen molar-refractivity contribution in [3.63, 3.8) is 0 Å². The molecule has 0 radical (unpaired) electrons. The summed E-state index contributed by atoms with van der Waals surface area (Å²) in [5.41, 5.74) is 0.923. The average molecular weight is 456 g/mol. The minimum atomic E-state index is -3.71. The maximum Gasteiger partial charge on any atom is 0.252 e. The normalized spacial score (nSPS) is 12.9. The Morgan fingerprint density at radius 1 is 1.10 bits per heavy atom. The number of rotatable bonds is 9. The zero-order valence-corrected chi connectivity index (χ0v) is 19.1. The molecule has 0 bridgehead atoms. The van der Waals surface area contributed by atoms with Crippen LogP contribution in [-0.4, -0.2) is 57.3 Å². The van der Waals surface area contributed by atoms with Gasteiger partial charge in [0.05, 0.1) is 21.5 Å². The Morgan fingerprint density at radius 2 is 1.70 bits per heavy atom. The molecule has 0 saturated carbocycles. The number of halogens is 2. The molecule has 1 unspecified atom stereocenters. The summed E-state index contributed by atoms with van der Waals surface area (Å²) in [5.74, 6) is -0.816. The van der Waals surface area contributed by atoms with Gasteiger partial charge in [0.15, 0.2) is 0 Å². The van der Waals surface area contributed by atoms with Gasteiger partial charge >= 0.3 is 0 Å². The fourth-order valence-electron chi connectivity index (χ4n) is 3.12. The maximum absolute atomic E-state index is 13.2. The van der Waals surface area contributed by atoms with Crippen LogP contribution in [0.1, 0.15) is 35.8 Å². The molecule has 2 rings (SSSR count). The first-order valence-corrected chi connectivity index (χ1v) is 11.4. The van der Waals surface area contributed by atoms with Crippen LogP contribution in [0.4, 0.5) is 4.39 Å². The monoisotopic (exact) mass is 455 g/mol. The molecule has 1 amide bonds. The second kappa shape index (κ2) is 10.3. The number of likely N-dealkylation sites (N-methyl/N-ethyl adjacent to an activating group) is 1. The number of hydrogen-bond donors (Lipinski definition) is 1. The molecule has 164 valence electrons. The highest BCUT2D eigenvalue weighted by molar-refractivity contribution is 7.89. The Labute approximate surface area is 182 Å². The molecule has 0 saturated heterocycles. The molecule has 0 spiro atoms. The van der Waals surface area contributed by atoms with E-state index in [0.717, 1.165) is 5.56 Å². The Hall–Kier alpha value is -2.00. The highest BCUT2D eigenvalue weighted by Gasteiger charge is 2.24. The first kappa shape index (κ1) is 24.3. The molecule has 0 aromatic heterocycles. The van der Waals surface area contributed by atoms with Crippen molar-refractivity contribution in [3.05, 3.63) is 64.4 Å². The van der Waals surface area contributed by atoms with Crippen LogP contribution < -0.4 is 5.32 Å². The number of carbonyl (C=O) groups is 1. The Kier molecular flexibility index (Phi) is 8.37. The number of nitrogens with one attached hydrogen (secondary N) is 1. The first-order valence-electron chi connectivity index (χ1n) is 9.61. The minimum Gasteiger partial charge on any atom is -0.350 e. The predicted octanol–water partition coefficient (Wildman–Crippen LogP) is 3.54. The van der Waals surface area contributed by atoms with Gasteiger partial charge in [-0.25, -0.2) is 12.8 Å². The largest absolute Gasteiger partial charge is 0.350 e. The summed E-state index contributed by atoms with van der Waals surface area (Å²) in [6, 6.07) is 9.97. The Bertz CT molecular complexity index is 977. The van der Waals surface area contributed by atoms with Crippen LogP contribution >= 0.6 is 11.6 Å². The van der Waals surface area contributed by atoms with E-state index in [1.807, 2.05) is 19.0 Å². The van der Waals surface area contributed by atoms with Crippen molar-refractivity contribution in [1.82, 2.24) is 14.5 Å². The predicted molar refractivity (Wildman–Crippen MR) is 117 cm³/mol. The van der Waals surface area contributed by atoms with E-state index < -0.39 is 15.9 Å². The number of benzene rings is 2. The Morgan fingerprint density at radius 3 is 2.23 bits per heavy atom. The third-order valence-corrected chi connectivity index (χ3v) is 7.24. The summed E-state index contributed by atoms with van der Waals surface area (Å²) in [6.45, 7) is 4.39. The highest BCUT2D eigenvalue weighted by atomic mass is 35.5. The topological polar surface area (TPSA) is 69.7 Å². The van der Waals surface area contributed by atoms with E-state index in [4.69, 9.17) is 11.6 Å². The van der Waals surface area contributed by atoms with Gasteiger partial charge in [0, 0.05) is 19.6 Å². The Balaban J connectivity index is 2.25. The summed E-state index contributed by atoms with van der Waals surface area (Å²) in [4.78, 5) is 14.7. The molecule has 2 aromatic carbocycles. The standard InChI is InChI=1S/C21H27ClFN3O3S/c1-5-26(6-2)30(28,29)17-11-12-19(22)18(13-17)21(27)24-14-20(25(3)4)15-7-9-16(23)10-8-15/h7-13,20H,5-6,14H2,1-4H3,(H,24,27). The van der Waals surface area contributed by atoms with Gasteiger partial charge in [0.25, 0.3) is 5.91 Å². The summed E-state index contributed by atoms with van der Waals surface area (Å²) < 4.78 is 40.1. The third kappa shape index (κ3) is 5.57. The minimum absolute atomic E-state index is 0.0171. The van der Waals surface area contributed by atoms with Gasteiger partial charge in [-0.2, -0.15) is 4.31 Å². The van der Waals surface area contributed by atoms with Gasteiger partial charge < -0.3 is 10.2 Å². The quantitative estimate of drug-likeness (QED) is 0.627. The number of hydrogen-bond acceptors (Lipinski definition) is 4. The lowest BCUT2D eigenvalue weighted by Crippen LogP contribution is -2.35. The van der Waals surface area contributed by atoms with Crippen molar-refractivity contribution in [1.29, 1.82) is 0 Å². The van der Waals surface area contributed by atoms with Crippen LogP contribution in [0.15, 0.2) is 47.4 Å². The van der Waals surface area contributed by atoms with Crippen molar-refractivity contribution in [2.24, 2.45) is 0 Å². The van der Waals surface area contributed by atoms with Crippen molar-refractivity contribution in [2.75, 3.05) is 33.7 Å². The molecule has 0 fully saturated rings.